The normalized spacial score (nSPS) is 21.0. The number of amides is 2. The zero-order valence-electron chi connectivity index (χ0n) is 16.7. The number of carbonyl (C=O) groups excluding carboxylic acids is 2. The SMILES string of the molecule is CN=C(NCc1ccc(N2CCCCC2=O)cc1)N1CCCC(CC(N)=O)C1. The number of hydrogen-bond donors (Lipinski definition) is 2. The van der Waals surface area contributed by atoms with Gasteiger partial charge in [-0.1, -0.05) is 12.1 Å². The van der Waals surface area contributed by atoms with E-state index in [2.05, 4.69) is 27.3 Å². The summed E-state index contributed by atoms with van der Waals surface area (Å²) in [5, 5.41) is 3.42. The molecule has 3 N–H and O–H groups in total. The van der Waals surface area contributed by atoms with Gasteiger partial charge in [0.05, 0.1) is 0 Å². The van der Waals surface area contributed by atoms with Gasteiger partial charge in [0.25, 0.3) is 0 Å². The van der Waals surface area contributed by atoms with E-state index in [9.17, 15) is 9.59 Å². The number of likely N-dealkylation sites (tertiary alicyclic amines) is 1. The summed E-state index contributed by atoms with van der Waals surface area (Å²) >= 11 is 0. The summed E-state index contributed by atoms with van der Waals surface area (Å²) in [6.45, 7) is 3.21. The number of rotatable bonds is 5. The lowest BCUT2D eigenvalue weighted by atomic mass is 9.95. The van der Waals surface area contributed by atoms with Gasteiger partial charge in [-0.25, -0.2) is 0 Å². The standard InChI is InChI=1S/C21H31N5O2/c1-23-21(25-11-4-5-17(15-25)13-19(22)27)24-14-16-7-9-18(10-8-16)26-12-3-2-6-20(26)28/h7-10,17H,2-6,11-15H2,1H3,(H2,22,27)(H,23,24). The van der Waals surface area contributed by atoms with E-state index >= 15 is 0 Å². The third-order valence-corrected chi connectivity index (χ3v) is 5.54. The van der Waals surface area contributed by atoms with Crippen LogP contribution in [-0.4, -0.2) is 49.4 Å². The van der Waals surface area contributed by atoms with Crippen LogP contribution >= 0.6 is 0 Å². The van der Waals surface area contributed by atoms with Gasteiger partial charge in [-0.05, 0) is 49.3 Å². The Morgan fingerprint density at radius 2 is 2.00 bits per heavy atom. The first-order valence-corrected chi connectivity index (χ1v) is 10.2. The molecule has 2 fully saturated rings. The molecule has 7 nitrogen and oxygen atoms in total. The Labute approximate surface area is 167 Å². The van der Waals surface area contributed by atoms with Crippen molar-refractivity contribution in [2.75, 3.05) is 31.6 Å². The molecular weight excluding hydrogens is 354 g/mol. The van der Waals surface area contributed by atoms with Crippen LogP contribution in [-0.2, 0) is 16.1 Å². The number of nitrogens with two attached hydrogens (primary N) is 1. The summed E-state index contributed by atoms with van der Waals surface area (Å²) in [6.07, 6.45) is 5.21. The molecule has 0 aromatic heterocycles. The molecule has 1 aromatic rings. The molecule has 0 bridgehead atoms. The number of carbonyl (C=O) groups is 2. The van der Waals surface area contributed by atoms with Crippen LogP contribution in [0.25, 0.3) is 0 Å². The molecule has 2 saturated heterocycles. The van der Waals surface area contributed by atoms with Crippen LogP contribution in [0.1, 0.15) is 44.1 Å². The molecule has 2 aliphatic rings. The molecule has 0 saturated carbocycles. The molecule has 1 atom stereocenters. The maximum atomic E-state index is 12.1. The summed E-state index contributed by atoms with van der Waals surface area (Å²) < 4.78 is 0. The Bertz CT molecular complexity index is 716. The fraction of sp³-hybridized carbons (Fsp3) is 0.571. The molecule has 2 heterocycles. The molecule has 0 spiro atoms. The molecule has 1 aromatic carbocycles. The lowest BCUT2D eigenvalue weighted by Gasteiger charge is -2.34. The summed E-state index contributed by atoms with van der Waals surface area (Å²) in [5.41, 5.74) is 7.47. The first kappa shape index (κ1) is 20.2. The van der Waals surface area contributed by atoms with Crippen molar-refractivity contribution in [2.45, 2.75) is 45.1 Å². The molecule has 1 unspecified atom stereocenters. The highest BCUT2D eigenvalue weighted by atomic mass is 16.2. The molecule has 0 aliphatic carbocycles. The number of piperidine rings is 2. The highest BCUT2D eigenvalue weighted by Gasteiger charge is 2.23. The Hall–Kier alpha value is -2.57. The van der Waals surface area contributed by atoms with Crippen LogP contribution < -0.4 is 16.0 Å². The van der Waals surface area contributed by atoms with E-state index in [1.807, 2.05) is 17.0 Å². The van der Waals surface area contributed by atoms with Gasteiger partial charge < -0.3 is 20.9 Å². The number of benzene rings is 1. The average Bonchev–Trinajstić information content (AvgIpc) is 2.69. The summed E-state index contributed by atoms with van der Waals surface area (Å²) in [6, 6.07) is 8.16. The minimum atomic E-state index is -0.234. The number of primary amides is 1. The van der Waals surface area contributed by atoms with Crippen LogP contribution in [0.3, 0.4) is 0 Å². The first-order valence-electron chi connectivity index (χ1n) is 10.2. The predicted octanol–water partition coefficient (Wildman–Crippen LogP) is 1.87. The van der Waals surface area contributed by atoms with Crippen molar-refractivity contribution >= 4 is 23.5 Å². The molecule has 2 aliphatic heterocycles. The van der Waals surface area contributed by atoms with Crippen LogP contribution in [0.5, 0.6) is 0 Å². The highest BCUT2D eigenvalue weighted by Crippen LogP contribution is 2.22. The van der Waals surface area contributed by atoms with E-state index in [-0.39, 0.29) is 11.8 Å². The van der Waals surface area contributed by atoms with Crippen molar-refractivity contribution in [3.63, 3.8) is 0 Å². The number of nitrogens with zero attached hydrogens (tertiary/aromatic N) is 3. The van der Waals surface area contributed by atoms with Gasteiger partial charge in [0.1, 0.15) is 0 Å². The van der Waals surface area contributed by atoms with Gasteiger partial charge in [-0.15, -0.1) is 0 Å². The Morgan fingerprint density at radius 1 is 1.21 bits per heavy atom. The van der Waals surface area contributed by atoms with Gasteiger partial charge in [0.2, 0.25) is 11.8 Å². The molecule has 0 radical (unpaired) electrons. The molecule has 7 heteroatoms. The van der Waals surface area contributed by atoms with Crippen molar-refractivity contribution in [3.8, 4) is 0 Å². The van der Waals surface area contributed by atoms with E-state index in [1.165, 1.54) is 0 Å². The highest BCUT2D eigenvalue weighted by molar-refractivity contribution is 5.94. The second-order valence-corrected chi connectivity index (χ2v) is 7.69. The van der Waals surface area contributed by atoms with E-state index in [1.54, 1.807) is 7.05 Å². The molecule has 3 rings (SSSR count). The predicted molar refractivity (Wildman–Crippen MR) is 111 cm³/mol. The zero-order chi connectivity index (χ0) is 19.9. The van der Waals surface area contributed by atoms with Crippen molar-refractivity contribution < 1.29 is 9.59 Å². The van der Waals surface area contributed by atoms with E-state index < -0.39 is 0 Å². The van der Waals surface area contributed by atoms with E-state index in [4.69, 9.17) is 5.73 Å². The number of aliphatic imine (C=N–C) groups is 1. The fourth-order valence-electron chi connectivity index (χ4n) is 4.09. The van der Waals surface area contributed by atoms with Crippen molar-refractivity contribution in [2.24, 2.45) is 16.6 Å². The number of hydrogen-bond acceptors (Lipinski definition) is 3. The number of nitrogens with one attached hydrogen (secondary N) is 1. The first-order chi connectivity index (χ1) is 13.6. The fourth-order valence-corrected chi connectivity index (χ4v) is 4.09. The number of anilines is 1. The third-order valence-electron chi connectivity index (χ3n) is 5.54. The van der Waals surface area contributed by atoms with Crippen molar-refractivity contribution in [1.82, 2.24) is 10.2 Å². The monoisotopic (exact) mass is 385 g/mol. The third kappa shape index (κ3) is 5.24. The van der Waals surface area contributed by atoms with Crippen LogP contribution in [0.15, 0.2) is 29.3 Å². The van der Waals surface area contributed by atoms with Gasteiger partial charge in [0.15, 0.2) is 5.96 Å². The van der Waals surface area contributed by atoms with Crippen LogP contribution in [0.4, 0.5) is 5.69 Å². The Balaban J connectivity index is 1.55. The Morgan fingerprint density at radius 3 is 2.68 bits per heavy atom. The van der Waals surface area contributed by atoms with E-state index in [0.717, 1.165) is 62.5 Å². The quantitative estimate of drug-likeness (QED) is 0.598. The lowest BCUT2D eigenvalue weighted by molar-refractivity contribution is -0.120. The van der Waals surface area contributed by atoms with Gasteiger partial charge >= 0.3 is 0 Å². The van der Waals surface area contributed by atoms with Crippen LogP contribution in [0, 0.1) is 5.92 Å². The van der Waals surface area contributed by atoms with Crippen molar-refractivity contribution in [3.05, 3.63) is 29.8 Å². The summed E-state index contributed by atoms with van der Waals surface area (Å²) in [4.78, 5) is 31.8. The van der Waals surface area contributed by atoms with Gasteiger partial charge in [-0.3, -0.25) is 14.6 Å². The van der Waals surface area contributed by atoms with E-state index in [0.29, 0.717) is 25.3 Å². The van der Waals surface area contributed by atoms with Crippen LogP contribution in [0.2, 0.25) is 0 Å². The largest absolute Gasteiger partial charge is 0.370 e. The van der Waals surface area contributed by atoms with Gasteiger partial charge in [0, 0.05) is 51.8 Å². The zero-order valence-corrected chi connectivity index (χ0v) is 16.7. The van der Waals surface area contributed by atoms with Crippen molar-refractivity contribution in [1.29, 1.82) is 0 Å². The molecule has 2 amide bonds. The number of guanidine groups is 1. The second kappa shape index (κ2) is 9.57. The average molecular weight is 386 g/mol. The Kier molecular flexibility index (Phi) is 6.90. The summed E-state index contributed by atoms with van der Waals surface area (Å²) in [5.74, 6) is 1.13. The maximum absolute atomic E-state index is 12.1. The molecular formula is C21H31N5O2. The molecule has 152 valence electrons. The minimum Gasteiger partial charge on any atom is -0.370 e. The molecule has 28 heavy (non-hydrogen) atoms. The minimum absolute atomic E-state index is 0.216. The van der Waals surface area contributed by atoms with Gasteiger partial charge in [-0.2, -0.15) is 0 Å². The second-order valence-electron chi connectivity index (χ2n) is 7.69. The summed E-state index contributed by atoms with van der Waals surface area (Å²) in [7, 11) is 1.78. The maximum Gasteiger partial charge on any atom is 0.226 e. The lowest BCUT2D eigenvalue weighted by Crippen LogP contribution is -2.46. The smallest absolute Gasteiger partial charge is 0.226 e. The topological polar surface area (TPSA) is 91.0 Å².